The zero-order chi connectivity index (χ0) is 19.1. The predicted molar refractivity (Wildman–Crippen MR) is 102 cm³/mol. The monoisotopic (exact) mass is 387 g/mol. The molecule has 0 aliphatic rings. The molecule has 27 heavy (non-hydrogen) atoms. The van der Waals surface area contributed by atoms with Gasteiger partial charge in [0.1, 0.15) is 17.3 Å². The fraction of sp³-hybridized carbons (Fsp3) is 0.150. The van der Waals surface area contributed by atoms with E-state index in [2.05, 4.69) is 15.3 Å². The summed E-state index contributed by atoms with van der Waals surface area (Å²) in [5.41, 5.74) is 3.53. The summed E-state index contributed by atoms with van der Waals surface area (Å²) >= 11 is 6.09. The van der Waals surface area contributed by atoms with Crippen LogP contribution in [0.5, 0.6) is 0 Å². The number of H-pyrrole nitrogens is 2. The fourth-order valence-corrected chi connectivity index (χ4v) is 3.60. The molecule has 0 bridgehead atoms. The van der Waals surface area contributed by atoms with Crippen molar-refractivity contribution in [3.05, 3.63) is 70.0 Å². The number of carbonyl (C=O) groups excluding carboxylic acids is 1. The van der Waals surface area contributed by atoms with E-state index >= 15 is 0 Å². The maximum Gasteiger partial charge on any atom is 0.267 e. The number of fused-ring (bicyclic) bond motifs is 2. The average molecular weight is 388 g/mol. The second-order valence-corrected chi connectivity index (χ2v) is 6.87. The van der Waals surface area contributed by atoms with Crippen molar-refractivity contribution in [2.45, 2.75) is 13.3 Å². The second-order valence-electron chi connectivity index (χ2n) is 6.46. The Kier molecular flexibility index (Phi) is 4.36. The predicted octanol–water partition coefficient (Wildman–Crippen LogP) is 4.86. The van der Waals surface area contributed by atoms with Crippen LogP contribution in [-0.4, -0.2) is 22.4 Å². The highest BCUT2D eigenvalue weighted by molar-refractivity contribution is 6.35. The lowest BCUT2D eigenvalue weighted by Crippen LogP contribution is -2.26. The Hall–Kier alpha value is -2.86. The molecule has 4 aromatic rings. The van der Waals surface area contributed by atoms with E-state index in [4.69, 9.17) is 11.6 Å². The SMILES string of the molecule is Cc1[nH]c2c(Cl)cc(F)cc2c1CCNC(=O)c1cc2cc(F)ccc2[nH]1. The number of amides is 1. The highest BCUT2D eigenvalue weighted by Gasteiger charge is 2.14. The summed E-state index contributed by atoms with van der Waals surface area (Å²) in [6.45, 7) is 2.25. The van der Waals surface area contributed by atoms with Crippen molar-refractivity contribution in [3.63, 3.8) is 0 Å². The molecular weight excluding hydrogens is 372 g/mol. The van der Waals surface area contributed by atoms with E-state index in [-0.39, 0.29) is 11.7 Å². The van der Waals surface area contributed by atoms with Gasteiger partial charge in [0, 0.05) is 28.5 Å². The van der Waals surface area contributed by atoms with Crippen LogP contribution >= 0.6 is 11.6 Å². The maximum atomic E-state index is 13.7. The zero-order valence-electron chi connectivity index (χ0n) is 14.4. The Bertz CT molecular complexity index is 1180. The van der Waals surface area contributed by atoms with Crippen LogP contribution in [0.4, 0.5) is 8.78 Å². The summed E-state index contributed by atoms with van der Waals surface area (Å²) in [7, 11) is 0. The molecule has 0 atom stereocenters. The number of benzene rings is 2. The Balaban J connectivity index is 1.50. The summed E-state index contributed by atoms with van der Waals surface area (Å²) in [6.07, 6.45) is 0.520. The molecule has 0 aliphatic carbocycles. The number of aromatic amines is 2. The van der Waals surface area contributed by atoms with Gasteiger partial charge in [-0.15, -0.1) is 0 Å². The van der Waals surface area contributed by atoms with Gasteiger partial charge in [0.15, 0.2) is 0 Å². The van der Waals surface area contributed by atoms with Gasteiger partial charge in [0.25, 0.3) is 5.91 Å². The topological polar surface area (TPSA) is 60.7 Å². The van der Waals surface area contributed by atoms with Crippen molar-refractivity contribution in [1.29, 1.82) is 0 Å². The van der Waals surface area contributed by atoms with Crippen LogP contribution in [0.25, 0.3) is 21.8 Å². The van der Waals surface area contributed by atoms with E-state index in [1.54, 1.807) is 12.1 Å². The van der Waals surface area contributed by atoms with Crippen LogP contribution in [0.1, 0.15) is 21.7 Å². The van der Waals surface area contributed by atoms with E-state index in [9.17, 15) is 13.6 Å². The molecule has 2 aromatic carbocycles. The van der Waals surface area contributed by atoms with Crippen molar-refractivity contribution >= 4 is 39.3 Å². The largest absolute Gasteiger partial charge is 0.357 e. The first kappa shape index (κ1) is 17.5. The van der Waals surface area contributed by atoms with Gasteiger partial charge in [-0.2, -0.15) is 0 Å². The molecule has 2 aromatic heterocycles. The number of hydrogen-bond donors (Lipinski definition) is 3. The van der Waals surface area contributed by atoms with Crippen LogP contribution in [-0.2, 0) is 6.42 Å². The van der Waals surface area contributed by atoms with Gasteiger partial charge in [0.05, 0.1) is 10.5 Å². The van der Waals surface area contributed by atoms with Crippen LogP contribution < -0.4 is 5.32 Å². The molecule has 1 amide bonds. The third-order valence-corrected chi connectivity index (χ3v) is 4.93. The Labute approximate surface area is 158 Å². The summed E-state index contributed by atoms with van der Waals surface area (Å²) in [6, 6.07) is 8.62. The molecule has 4 nitrogen and oxygen atoms in total. The molecule has 0 radical (unpaired) electrons. The van der Waals surface area contributed by atoms with Gasteiger partial charge < -0.3 is 15.3 Å². The lowest BCUT2D eigenvalue weighted by Gasteiger charge is -2.05. The van der Waals surface area contributed by atoms with Crippen LogP contribution in [0.15, 0.2) is 36.4 Å². The van der Waals surface area contributed by atoms with Crippen molar-refractivity contribution < 1.29 is 13.6 Å². The molecular formula is C20H16ClF2N3O. The van der Waals surface area contributed by atoms with E-state index in [0.29, 0.717) is 45.5 Å². The van der Waals surface area contributed by atoms with Crippen LogP contribution in [0.3, 0.4) is 0 Å². The minimum Gasteiger partial charge on any atom is -0.357 e. The number of rotatable bonds is 4. The van der Waals surface area contributed by atoms with Crippen molar-refractivity contribution in [3.8, 4) is 0 Å². The summed E-state index contributed by atoms with van der Waals surface area (Å²) in [5.74, 6) is -1.04. The van der Waals surface area contributed by atoms with Crippen molar-refractivity contribution in [1.82, 2.24) is 15.3 Å². The van der Waals surface area contributed by atoms with Gasteiger partial charge in [0.2, 0.25) is 0 Å². The minimum atomic E-state index is -0.401. The van der Waals surface area contributed by atoms with Crippen molar-refractivity contribution in [2.24, 2.45) is 0 Å². The molecule has 0 saturated heterocycles. The van der Waals surface area contributed by atoms with Gasteiger partial charge in [-0.25, -0.2) is 8.78 Å². The molecule has 3 N–H and O–H groups in total. The maximum absolute atomic E-state index is 13.7. The molecule has 7 heteroatoms. The van der Waals surface area contributed by atoms with Crippen molar-refractivity contribution in [2.75, 3.05) is 6.54 Å². The summed E-state index contributed by atoms with van der Waals surface area (Å²) in [4.78, 5) is 18.5. The number of hydrogen-bond acceptors (Lipinski definition) is 1. The molecule has 0 aliphatic heterocycles. The van der Waals surface area contributed by atoms with Gasteiger partial charge in [-0.1, -0.05) is 11.6 Å². The molecule has 138 valence electrons. The number of nitrogens with one attached hydrogen (secondary N) is 3. The normalized spacial score (nSPS) is 11.4. The number of carbonyl (C=O) groups is 1. The lowest BCUT2D eigenvalue weighted by molar-refractivity contribution is 0.0950. The Morgan fingerprint density at radius 2 is 1.93 bits per heavy atom. The number of halogens is 3. The van der Waals surface area contributed by atoms with E-state index in [1.165, 1.54) is 24.3 Å². The lowest BCUT2D eigenvalue weighted by atomic mass is 10.1. The van der Waals surface area contributed by atoms with E-state index in [0.717, 1.165) is 11.3 Å². The minimum absolute atomic E-state index is 0.284. The van der Waals surface area contributed by atoms with Crippen LogP contribution in [0.2, 0.25) is 5.02 Å². The molecule has 0 spiro atoms. The first-order valence-electron chi connectivity index (χ1n) is 8.45. The van der Waals surface area contributed by atoms with E-state index in [1.807, 2.05) is 6.92 Å². The smallest absolute Gasteiger partial charge is 0.267 e. The Morgan fingerprint density at radius 3 is 2.74 bits per heavy atom. The first-order valence-corrected chi connectivity index (χ1v) is 8.83. The molecule has 2 heterocycles. The Morgan fingerprint density at radius 1 is 1.11 bits per heavy atom. The molecule has 4 rings (SSSR count). The van der Waals surface area contributed by atoms with Gasteiger partial charge >= 0.3 is 0 Å². The molecule has 0 fully saturated rings. The fourth-order valence-electron chi connectivity index (χ4n) is 3.35. The first-order chi connectivity index (χ1) is 12.9. The molecule has 0 unspecified atom stereocenters. The number of aryl methyl sites for hydroxylation is 1. The van der Waals surface area contributed by atoms with E-state index < -0.39 is 5.82 Å². The van der Waals surface area contributed by atoms with Crippen LogP contribution in [0, 0.1) is 18.6 Å². The zero-order valence-corrected chi connectivity index (χ0v) is 15.2. The third kappa shape index (κ3) is 3.28. The third-order valence-electron chi connectivity index (χ3n) is 4.63. The second kappa shape index (κ2) is 6.70. The summed E-state index contributed by atoms with van der Waals surface area (Å²) in [5, 5.41) is 4.51. The van der Waals surface area contributed by atoms with Gasteiger partial charge in [-0.3, -0.25) is 4.79 Å². The quantitative estimate of drug-likeness (QED) is 0.460. The standard InChI is InChI=1S/C20H16ClF2N3O/c1-10-14(15-8-13(23)9-16(21)19(15)25-10)4-5-24-20(27)18-7-11-6-12(22)2-3-17(11)26-18/h2-3,6-9,25-26H,4-5H2,1H3,(H,24,27). The average Bonchev–Trinajstić information content (AvgIpc) is 3.16. The summed E-state index contributed by atoms with van der Waals surface area (Å²) < 4.78 is 27.0. The highest BCUT2D eigenvalue weighted by Crippen LogP contribution is 2.29. The number of aromatic nitrogens is 2. The van der Waals surface area contributed by atoms with Gasteiger partial charge in [-0.05, 0) is 55.3 Å². The highest BCUT2D eigenvalue weighted by atomic mass is 35.5. The molecule has 0 saturated carbocycles.